The molecule has 0 unspecified atom stereocenters. The molecule has 1 heterocycles. The fraction of sp³-hybridized carbons (Fsp3) is 0.786. The molecule has 0 aliphatic heterocycles. The third kappa shape index (κ3) is 3.80. The van der Waals surface area contributed by atoms with E-state index in [2.05, 4.69) is 45.1 Å². The Morgan fingerprint density at radius 3 is 2.68 bits per heavy atom. The fourth-order valence-electron chi connectivity index (χ4n) is 2.48. The van der Waals surface area contributed by atoms with Crippen LogP contribution in [0.25, 0.3) is 0 Å². The molecule has 1 fully saturated rings. The van der Waals surface area contributed by atoms with Crippen LogP contribution in [0.1, 0.15) is 38.1 Å². The molecule has 0 aromatic carbocycles. The highest BCUT2D eigenvalue weighted by molar-refractivity contribution is 9.10. The van der Waals surface area contributed by atoms with E-state index < -0.39 is 0 Å². The predicted molar refractivity (Wildman–Crippen MR) is 82.3 cm³/mol. The van der Waals surface area contributed by atoms with Crippen molar-refractivity contribution in [3.63, 3.8) is 0 Å². The zero-order chi connectivity index (χ0) is 13.8. The Morgan fingerprint density at radius 2 is 2.16 bits per heavy atom. The molecule has 1 saturated carbocycles. The van der Waals surface area contributed by atoms with Crippen molar-refractivity contribution in [2.45, 2.75) is 45.7 Å². The third-order valence-corrected chi connectivity index (χ3v) is 4.76. The van der Waals surface area contributed by atoms with Gasteiger partial charge in [-0.15, -0.1) is 0 Å². The quantitative estimate of drug-likeness (QED) is 0.743. The molecular weight excluding hydrogens is 304 g/mol. The van der Waals surface area contributed by atoms with Crippen LogP contribution in [-0.4, -0.2) is 40.4 Å². The number of halogens is 1. The van der Waals surface area contributed by atoms with Gasteiger partial charge in [-0.25, -0.2) is 0 Å². The van der Waals surface area contributed by atoms with E-state index >= 15 is 0 Å². The molecule has 0 atom stereocenters. The molecule has 1 aliphatic rings. The third-order valence-electron chi connectivity index (χ3n) is 3.84. The lowest BCUT2D eigenvalue weighted by Gasteiger charge is -2.19. The molecule has 19 heavy (non-hydrogen) atoms. The van der Waals surface area contributed by atoms with Crippen LogP contribution in [-0.2, 0) is 20.0 Å². The van der Waals surface area contributed by atoms with Gasteiger partial charge in [0.1, 0.15) is 0 Å². The summed E-state index contributed by atoms with van der Waals surface area (Å²) < 4.78 is 3.15. The van der Waals surface area contributed by atoms with Gasteiger partial charge in [-0.3, -0.25) is 9.58 Å². The smallest absolute Gasteiger partial charge is 0.0767 e. The molecule has 5 heteroatoms. The number of hydrogen-bond acceptors (Lipinski definition) is 3. The van der Waals surface area contributed by atoms with Crippen molar-refractivity contribution in [3.8, 4) is 0 Å². The average molecular weight is 329 g/mol. The number of rotatable bonds is 8. The Balaban J connectivity index is 1.77. The van der Waals surface area contributed by atoms with Crippen LogP contribution in [0.5, 0.6) is 0 Å². The highest BCUT2D eigenvalue weighted by Gasteiger charge is 2.27. The van der Waals surface area contributed by atoms with Crippen molar-refractivity contribution >= 4 is 15.9 Å². The highest BCUT2D eigenvalue weighted by atomic mass is 79.9. The topological polar surface area (TPSA) is 33.1 Å². The number of aromatic nitrogens is 2. The summed E-state index contributed by atoms with van der Waals surface area (Å²) >= 11 is 3.66. The van der Waals surface area contributed by atoms with E-state index in [1.54, 1.807) is 0 Å². The molecule has 0 saturated heterocycles. The van der Waals surface area contributed by atoms with E-state index in [0.717, 1.165) is 37.8 Å². The summed E-state index contributed by atoms with van der Waals surface area (Å²) in [5.41, 5.74) is 2.39. The van der Waals surface area contributed by atoms with Crippen molar-refractivity contribution in [3.05, 3.63) is 15.9 Å². The van der Waals surface area contributed by atoms with Gasteiger partial charge in [-0.05, 0) is 41.7 Å². The molecule has 1 aromatic heterocycles. The van der Waals surface area contributed by atoms with Crippen LogP contribution >= 0.6 is 15.9 Å². The van der Waals surface area contributed by atoms with Crippen molar-refractivity contribution < 1.29 is 0 Å². The van der Waals surface area contributed by atoms with Crippen molar-refractivity contribution in [1.29, 1.82) is 0 Å². The second-order valence-corrected chi connectivity index (χ2v) is 6.01. The van der Waals surface area contributed by atoms with Crippen molar-refractivity contribution in [2.75, 3.05) is 19.6 Å². The number of aryl methyl sites for hydroxylation is 2. The average Bonchev–Trinajstić information content (AvgIpc) is 3.19. The van der Waals surface area contributed by atoms with Gasteiger partial charge in [0, 0.05) is 32.7 Å². The Kier molecular flexibility index (Phi) is 5.42. The van der Waals surface area contributed by atoms with Gasteiger partial charge in [-0.2, -0.15) is 5.10 Å². The summed E-state index contributed by atoms with van der Waals surface area (Å²) in [6.45, 7) is 8.64. The molecule has 1 N–H and O–H groups in total. The lowest BCUT2D eigenvalue weighted by atomic mass is 10.3. The molecule has 1 aliphatic carbocycles. The van der Waals surface area contributed by atoms with Gasteiger partial charge in [0.05, 0.1) is 15.9 Å². The lowest BCUT2D eigenvalue weighted by molar-refractivity contribution is 0.276. The van der Waals surface area contributed by atoms with Crippen molar-refractivity contribution in [2.24, 2.45) is 7.05 Å². The number of hydrogen-bond donors (Lipinski definition) is 1. The largest absolute Gasteiger partial charge is 0.310 e. The van der Waals surface area contributed by atoms with Crippen LogP contribution < -0.4 is 5.32 Å². The number of nitrogens with zero attached hydrogens (tertiary/aromatic N) is 3. The number of likely N-dealkylation sites (N-methyl/N-ethyl adjacent to an activating group) is 1. The predicted octanol–water partition coefficient (Wildman–Crippen LogP) is 2.32. The lowest BCUT2D eigenvalue weighted by Crippen LogP contribution is -2.33. The minimum atomic E-state index is 0.863. The summed E-state index contributed by atoms with van der Waals surface area (Å²) in [5, 5.41) is 8.05. The molecule has 108 valence electrons. The maximum atomic E-state index is 4.52. The van der Waals surface area contributed by atoms with E-state index in [9.17, 15) is 0 Å². The van der Waals surface area contributed by atoms with Crippen LogP contribution in [0.15, 0.2) is 4.47 Å². The SMILES string of the molecule is CCc1nn(C)c(CNCCN(CC)C2CC2)c1Br. The van der Waals surface area contributed by atoms with Crippen LogP contribution in [0.3, 0.4) is 0 Å². The van der Waals surface area contributed by atoms with E-state index in [1.165, 1.54) is 29.6 Å². The van der Waals surface area contributed by atoms with Gasteiger partial charge < -0.3 is 5.32 Å². The minimum Gasteiger partial charge on any atom is -0.310 e. The normalized spacial score (nSPS) is 15.4. The maximum absolute atomic E-state index is 4.52. The molecular formula is C14H25BrN4. The van der Waals surface area contributed by atoms with Gasteiger partial charge in [0.15, 0.2) is 0 Å². The Bertz CT molecular complexity index is 412. The summed E-state index contributed by atoms with van der Waals surface area (Å²) in [5.74, 6) is 0. The molecule has 1 aromatic rings. The van der Waals surface area contributed by atoms with E-state index in [4.69, 9.17) is 0 Å². The second kappa shape index (κ2) is 6.86. The fourth-order valence-corrected chi connectivity index (χ4v) is 3.24. The van der Waals surface area contributed by atoms with Gasteiger partial charge >= 0.3 is 0 Å². The second-order valence-electron chi connectivity index (χ2n) is 5.22. The molecule has 0 bridgehead atoms. The summed E-state index contributed by atoms with van der Waals surface area (Å²) in [7, 11) is 2.02. The van der Waals surface area contributed by atoms with Crippen molar-refractivity contribution in [1.82, 2.24) is 20.0 Å². The van der Waals surface area contributed by atoms with Gasteiger partial charge in [-0.1, -0.05) is 13.8 Å². The Morgan fingerprint density at radius 1 is 1.42 bits per heavy atom. The van der Waals surface area contributed by atoms with Crippen LogP contribution in [0, 0.1) is 0 Å². The number of nitrogens with one attached hydrogen (secondary N) is 1. The Labute approximate surface area is 124 Å². The minimum absolute atomic E-state index is 0.863. The maximum Gasteiger partial charge on any atom is 0.0767 e. The molecule has 2 rings (SSSR count). The highest BCUT2D eigenvalue weighted by Crippen LogP contribution is 2.26. The molecule has 0 spiro atoms. The zero-order valence-corrected chi connectivity index (χ0v) is 13.8. The van der Waals surface area contributed by atoms with Crippen LogP contribution in [0.4, 0.5) is 0 Å². The van der Waals surface area contributed by atoms with E-state index in [1.807, 2.05) is 11.7 Å². The summed E-state index contributed by atoms with van der Waals surface area (Å²) in [6, 6.07) is 0.863. The zero-order valence-electron chi connectivity index (χ0n) is 12.2. The standard InChI is InChI=1S/C14H25BrN4/c1-4-12-14(15)13(18(3)17-12)10-16-8-9-19(5-2)11-6-7-11/h11,16H,4-10H2,1-3H3. The molecule has 4 nitrogen and oxygen atoms in total. The molecule has 0 amide bonds. The first kappa shape index (κ1) is 15.0. The first-order valence-electron chi connectivity index (χ1n) is 7.32. The summed E-state index contributed by atoms with van der Waals surface area (Å²) in [4.78, 5) is 2.57. The van der Waals surface area contributed by atoms with E-state index in [0.29, 0.717) is 0 Å². The summed E-state index contributed by atoms with van der Waals surface area (Å²) in [6.07, 6.45) is 3.75. The first-order chi connectivity index (χ1) is 9.17. The Hall–Kier alpha value is -0.390. The van der Waals surface area contributed by atoms with Gasteiger partial charge in [0.25, 0.3) is 0 Å². The first-order valence-corrected chi connectivity index (χ1v) is 8.11. The van der Waals surface area contributed by atoms with Crippen LogP contribution in [0.2, 0.25) is 0 Å². The van der Waals surface area contributed by atoms with Gasteiger partial charge in [0.2, 0.25) is 0 Å². The monoisotopic (exact) mass is 328 g/mol. The van der Waals surface area contributed by atoms with E-state index in [-0.39, 0.29) is 0 Å². The molecule has 0 radical (unpaired) electrons.